The number of aryl methyl sites for hydroxylation is 2. The van der Waals surface area contributed by atoms with Crippen LogP contribution >= 0.6 is 0 Å². The first-order valence-electron chi connectivity index (χ1n) is 12.4. The Hall–Kier alpha value is -2.69. The Bertz CT molecular complexity index is 1070. The van der Waals surface area contributed by atoms with Crippen LogP contribution in [0.4, 0.5) is 0 Å². The summed E-state index contributed by atoms with van der Waals surface area (Å²) in [5, 5.41) is 13.3. The van der Waals surface area contributed by atoms with Crippen LogP contribution in [0.1, 0.15) is 74.1 Å². The fraction of sp³-hybridized carbons (Fsp3) is 0.536. The molecular weight excluding hydrogens is 412 g/mol. The first kappa shape index (κ1) is 22.1. The average molecular weight is 447 g/mol. The number of nitrogens with zero attached hydrogens (tertiary/aromatic N) is 1. The van der Waals surface area contributed by atoms with Crippen LogP contribution in [0.25, 0.3) is 0 Å². The third-order valence-corrected chi connectivity index (χ3v) is 8.81. The van der Waals surface area contributed by atoms with Crippen molar-refractivity contribution >= 4 is 11.7 Å². The number of aromatic hydroxyl groups is 1. The van der Waals surface area contributed by atoms with Crippen molar-refractivity contribution in [1.29, 1.82) is 0 Å². The number of benzene rings is 1. The molecule has 3 aliphatic carbocycles. The van der Waals surface area contributed by atoms with E-state index in [1.54, 1.807) is 12.4 Å². The van der Waals surface area contributed by atoms with Gasteiger partial charge in [0.1, 0.15) is 11.5 Å². The summed E-state index contributed by atoms with van der Waals surface area (Å²) in [6, 6.07) is 8.00. The molecule has 2 saturated carbocycles. The van der Waals surface area contributed by atoms with Gasteiger partial charge in [-0.1, -0.05) is 26.0 Å². The van der Waals surface area contributed by atoms with Crippen LogP contribution in [0.2, 0.25) is 0 Å². The Morgan fingerprint density at radius 2 is 2.15 bits per heavy atom. The number of hydrogen-bond donors (Lipinski definition) is 2. The first-order valence-corrected chi connectivity index (χ1v) is 12.4. The van der Waals surface area contributed by atoms with Crippen molar-refractivity contribution in [3.05, 3.63) is 58.9 Å². The topological polar surface area (TPSA) is 79.3 Å². The van der Waals surface area contributed by atoms with Crippen LogP contribution in [0.15, 0.2) is 36.7 Å². The van der Waals surface area contributed by atoms with E-state index in [0.29, 0.717) is 35.8 Å². The molecule has 2 aromatic rings. The maximum Gasteiger partial charge on any atom is 0.220 e. The molecule has 5 nitrogen and oxygen atoms in total. The Morgan fingerprint density at radius 1 is 1.30 bits per heavy atom. The highest BCUT2D eigenvalue weighted by atomic mass is 16.3. The number of phenolic OH excluding ortho intramolecular Hbond substituents is 1. The normalized spacial score (nSPS) is 30.3. The van der Waals surface area contributed by atoms with Gasteiger partial charge in [0.05, 0.1) is 0 Å². The molecule has 5 atom stereocenters. The van der Waals surface area contributed by atoms with Crippen molar-refractivity contribution in [3.63, 3.8) is 0 Å². The van der Waals surface area contributed by atoms with E-state index in [9.17, 15) is 14.7 Å². The summed E-state index contributed by atoms with van der Waals surface area (Å²) in [4.78, 5) is 30.3. The van der Waals surface area contributed by atoms with Gasteiger partial charge in [-0.2, -0.15) is 0 Å². The van der Waals surface area contributed by atoms with Gasteiger partial charge in [-0.05, 0) is 90.7 Å². The second-order valence-electron chi connectivity index (χ2n) is 10.5. The minimum absolute atomic E-state index is 0.0481. The quantitative estimate of drug-likeness (QED) is 0.697. The SMILES string of the molecule is CCc1cc2c(cc1O)CCC1C2CC[C@]2(C)C(=O)C(CC(=O)NCc3cccnc3)CC12. The fourth-order valence-electron chi connectivity index (χ4n) is 7.05. The van der Waals surface area contributed by atoms with Crippen molar-refractivity contribution < 1.29 is 14.7 Å². The lowest BCUT2D eigenvalue weighted by molar-refractivity contribution is -0.134. The molecule has 0 saturated heterocycles. The molecule has 5 rings (SSSR count). The summed E-state index contributed by atoms with van der Waals surface area (Å²) in [5.41, 5.74) is 4.36. The highest BCUT2D eigenvalue weighted by Gasteiger charge is 2.58. The van der Waals surface area contributed by atoms with Gasteiger partial charge in [0.15, 0.2) is 0 Å². The molecule has 0 spiro atoms. The summed E-state index contributed by atoms with van der Waals surface area (Å²) in [7, 11) is 0. The average Bonchev–Trinajstić information content (AvgIpc) is 3.08. The van der Waals surface area contributed by atoms with Crippen LogP contribution in [-0.2, 0) is 29.0 Å². The molecule has 5 heteroatoms. The van der Waals surface area contributed by atoms with E-state index < -0.39 is 0 Å². The minimum Gasteiger partial charge on any atom is -0.508 e. The number of Topliss-reactive ketones (excluding diaryl/α,β-unsaturated/α-hetero) is 1. The van der Waals surface area contributed by atoms with Crippen LogP contribution in [0, 0.1) is 23.2 Å². The second-order valence-corrected chi connectivity index (χ2v) is 10.5. The van der Waals surface area contributed by atoms with E-state index in [2.05, 4.69) is 30.2 Å². The molecule has 2 fully saturated rings. The number of hydrogen-bond acceptors (Lipinski definition) is 4. The number of carbonyl (C=O) groups excluding carboxylic acids is 2. The number of nitrogens with one attached hydrogen (secondary N) is 1. The Kier molecular flexibility index (Phi) is 5.75. The Balaban J connectivity index is 1.31. The highest BCUT2D eigenvalue weighted by molar-refractivity contribution is 5.93. The van der Waals surface area contributed by atoms with Crippen LogP contribution in [0.3, 0.4) is 0 Å². The van der Waals surface area contributed by atoms with Crippen LogP contribution in [0.5, 0.6) is 5.75 Å². The fourth-order valence-corrected chi connectivity index (χ4v) is 7.05. The predicted molar refractivity (Wildman–Crippen MR) is 127 cm³/mol. The number of phenols is 1. The van der Waals surface area contributed by atoms with Gasteiger partial charge in [0.2, 0.25) is 5.91 Å². The molecule has 4 unspecified atom stereocenters. The van der Waals surface area contributed by atoms with Gasteiger partial charge in [-0.15, -0.1) is 0 Å². The van der Waals surface area contributed by atoms with E-state index in [1.165, 1.54) is 11.1 Å². The van der Waals surface area contributed by atoms with E-state index >= 15 is 0 Å². The lowest BCUT2D eigenvalue weighted by Crippen LogP contribution is -2.42. The van der Waals surface area contributed by atoms with Gasteiger partial charge in [0.25, 0.3) is 0 Å². The predicted octanol–water partition coefficient (Wildman–Crippen LogP) is 4.71. The van der Waals surface area contributed by atoms with Crippen molar-refractivity contribution in [1.82, 2.24) is 10.3 Å². The molecule has 1 heterocycles. The molecule has 0 bridgehead atoms. The van der Waals surface area contributed by atoms with Crippen molar-refractivity contribution in [2.24, 2.45) is 23.2 Å². The lowest BCUT2D eigenvalue weighted by atomic mass is 9.55. The summed E-state index contributed by atoms with van der Waals surface area (Å²) in [6.07, 6.45) is 9.35. The van der Waals surface area contributed by atoms with E-state index in [4.69, 9.17) is 0 Å². The third kappa shape index (κ3) is 3.85. The standard InChI is InChI=1S/C28H34N2O3/c1-3-18-11-23-19(13-25(18)31)6-7-22-21(23)8-9-28(2)24(22)12-20(27(28)33)14-26(32)30-16-17-5-4-10-29-15-17/h4-5,10-11,13,15,20-22,24,31H,3,6-9,12,14,16H2,1-2H3,(H,30,32)/t20?,21?,22?,24?,28-/m0/s1. The van der Waals surface area contributed by atoms with Crippen molar-refractivity contribution in [3.8, 4) is 5.75 Å². The Labute approximate surface area is 196 Å². The zero-order valence-corrected chi connectivity index (χ0v) is 19.6. The number of fused-ring (bicyclic) bond motifs is 5. The molecule has 2 N–H and O–H groups in total. The first-order chi connectivity index (χ1) is 15.9. The van der Waals surface area contributed by atoms with E-state index in [-0.39, 0.29) is 23.7 Å². The second kappa shape index (κ2) is 8.58. The number of pyridine rings is 1. The molecule has 0 radical (unpaired) electrons. The minimum atomic E-state index is -0.308. The number of rotatable bonds is 5. The van der Waals surface area contributed by atoms with Gasteiger partial charge in [-0.3, -0.25) is 14.6 Å². The summed E-state index contributed by atoms with van der Waals surface area (Å²) >= 11 is 0. The monoisotopic (exact) mass is 446 g/mol. The van der Waals surface area contributed by atoms with E-state index in [0.717, 1.165) is 49.7 Å². The van der Waals surface area contributed by atoms with Crippen molar-refractivity contribution in [2.75, 3.05) is 0 Å². The highest BCUT2D eigenvalue weighted by Crippen LogP contribution is 2.61. The molecule has 3 aliphatic rings. The number of amides is 1. The zero-order chi connectivity index (χ0) is 23.2. The van der Waals surface area contributed by atoms with Crippen molar-refractivity contribution in [2.45, 2.75) is 71.3 Å². The number of ketones is 1. The Morgan fingerprint density at radius 3 is 2.91 bits per heavy atom. The lowest BCUT2D eigenvalue weighted by Gasteiger charge is -2.48. The van der Waals surface area contributed by atoms with Crippen LogP contribution in [-0.4, -0.2) is 21.8 Å². The molecule has 33 heavy (non-hydrogen) atoms. The molecule has 1 aromatic carbocycles. The molecule has 174 valence electrons. The number of aromatic nitrogens is 1. The van der Waals surface area contributed by atoms with E-state index in [1.807, 2.05) is 18.2 Å². The molecule has 0 aliphatic heterocycles. The maximum absolute atomic E-state index is 13.5. The number of carbonyl (C=O) groups is 2. The molecule has 1 aromatic heterocycles. The molecule has 1 amide bonds. The largest absolute Gasteiger partial charge is 0.508 e. The van der Waals surface area contributed by atoms with Gasteiger partial charge >= 0.3 is 0 Å². The summed E-state index contributed by atoms with van der Waals surface area (Å²) in [5.74, 6) is 1.78. The van der Waals surface area contributed by atoms with Gasteiger partial charge < -0.3 is 10.4 Å². The van der Waals surface area contributed by atoms with Gasteiger partial charge in [-0.25, -0.2) is 0 Å². The third-order valence-electron chi connectivity index (χ3n) is 8.81. The van der Waals surface area contributed by atoms with Crippen LogP contribution < -0.4 is 5.32 Å². The smallest absolute Gasteiger partial charge is 0.220 e. The van der Waals surface area contributed by atoms with Gasteiger partial charge in [0, 0.05) is 36.7 Å². The summed E-state index contributed by atoms with van der Waals surface area (Å²) < 4.78 is 0. The molecular formula is C28H34N2O3. The summed E-state index contributed by atoms with van der Waals surface area (Å²) in [6.45, 7) is 4.69. The maximum atomic E-state index is 13.5. The zero-order valence-electron chi connectivity index (χ0n) is 19.6.